The van der Waals surface area contributed by atoms with Gasteiger partial charge in [-0.25, -0.2) is 0 Å². The molecular weight excluding hydrogens is 360 g/mol. The molecule has 0 aromatic rings. The molecule has 0 bridgehead atoms. The first-order chi connectivity index (χ1) is 14.3. The number of ether oxygens (including phenoxy) is 1. The lowest BCUT2D eigenvalue weighted by atomic mass is 10.0. The SMILES string of the molecule is COC(=O)CCCCCCCCCCCCCCCCCCCCCCCCO. The van der Waals surface area contributed by atoms with Crippen molar-refractivity contribution >= 4 is 5.97 Å². The quantitative estimate of drug-likeness (QED) is 0.129. The molecule has 0 aliphatic carbocycles. The summed E-state index contributed by atoms with van der Waals surface area (Å²) < 4.78 is 4.66. The molecule has 0 radical (unpaired) electrons. The molecule has 0 saturated carbocycles. The van der Waals surface area contributed by atoms with E-state index in [-0.39, 0.29) is 5.97 Å². The van der Waals surface area contributed by atoms with Crippen LogP contribution in [0.1, 0.15) is 148 Å². The van der Waals surface area contributed by atoms with E-state index < -0.39 is 0 Å². The van der Waals surface area contributed by atoms with Gasteiger partial charge in [0, 0.05) is 13.0 Å². The highest BCUT2D eigenvalue weighted by atomic mass is 16.5. The van der Waals surface area contributed by atoms with Gasteiger partial charge in [-0.1, -0.05) is 128 Å². The van der Waals surface area contributed by atoms with Gasteiger partial charge in [0.2, 0.25) is 0 Å². The first kappa shape index (κ1) is 28.4. The zero-order valence-electron chi connectivity index (χ0n) is 19.7. The van der Waals surface area contributed by atoms with Crippen LogP contribution in [0, 0.1) is 0 Å². The maximum absolute atomic E-state index is 11.0. The molecule has 1 N–H and O–H groups in total. The van der Waals surface area contributed by atoms with E-state index in [1.807, 2.05) is 0 Å². The Morgan fingerprint density at radius 1 is 0.483 bits per heavy atom. The van der Waals surface area contributed by atoms with E-state index in [2.05, 4.69) is 4.74 Å². The lowest BCUT2D eigenvalue weighted by molar-refractivity contribution is -0.140. The Morgan fingerprint density at radius 2 is 0.724 bits per heavy atom. The third-order valence-electron chi connectivity index (χ3n) is 6.02. The second-order valence-electron chi connectivity index (χ2n) is 8.83. The summed E-state index contributed by atoms with van der Waals surface area (Å²) in [6.45, 7) is 0.363. The second-order valence-corrected chi connectivity index (χ2v) is 8.83. The van der Waals surface area contributed by atoms with Crippen LogP contribution in [0.2, 0.25) is 0 Å². The zero-order chi connectivity index (χ0) is 21.3. The molecule has 0 atom stereocenters. The van der Waals surface area contributed by atoms with Gasteiger partial charge >= 0.3 is 5.97 Å². The van der Waals surface area contributed by atoms with E-state index in [1.54, 1.807) is 0 Å². The third-order valence-corrected chi connectivity index (χ3v) is 6.02. The number of hydrogen-bond acceptors (Lipinski definition) is 3. The molecule has 0 aliphatic rings. The van der Waals surface area contributed by atoms with Crippen LogP contribution in [-0.4, -0.2) is 24.8 Å². The highest BCUT2D eigenvalue weighted by Crippen LogP contribution is 2.15. The number of carbonyl (C=O) groups excluding carboxylic acids is 1. The van der Waals surface area contributed by atoms with Crippen molar-refractivity contribution < 1.29 is 14.6 Å². The van der Waals surface area contributed by atoms with E-state index in [1.165, 1.54) is 136 Å². The van der Waals surface area contributed by atoms with Crippen molar-refractivity contribution in [2.24, 2.45) is 0 Å². The molecule has 0 amide bonds. The van der Waals surface area contributed by atoms with Crippen LogP contribution in [0.3, 0.4) is 0 Å². The van der Waals surface area contributed by atoms with Crippen molar-refractivity contribution in [3.63, 3.8) is 0 Å². The number of rotatable bonds is 24. The first-order valence-corrected chi connectivity index (χ1v) is 13.0. The number of carbonyl (C=O) groups is 1. The zero-order valence-corrected chi connectivity index (χ0v) is 19.7. The van der Waals surface area contributed by atoms with Crippen LogP contribution in [0.15, 0.2) is 0 Å². The highest BCUT2D eigenvalue weighted by Gasteiger charge is 1.99. The van der Waals surface area contributed by atoms with Crippen LogP contribution < -0.4 is 0 Å². The summed E-state index contributed by atoms with van der Waals surface area (Å²) >= 11 is 0. The van der Waals surface area contributed by atoms with Crippen LogP contribution >= 0.6 is 0 Å². The van der Waals surface area contributed by atoms with Gasteiger partial charge in [0.25, 0.3) is 0 Å². The first-order valence-electron chi connectivity index (χ1n) is 13.0. The van der Waals surface area contributed by atoms with E-state index in [0.29, 0.717) is 13.0 Å². The average Bonchev–Trinajstić information content (AvgIpc) is 2.74. The predicted molar refractivity (Wildman–Crippen MR) is 125 cm³/mol. The third kappa shape index (κ3) is 25.4. The van der Waals surface area contributed by atoms with E-state index in [4.69, 9.17) is 5.11 Å². The number of hydrogen-bond donors (Lipinski definition) is 1. The number of aliphatic hydroxyl groups excluding tert-OH is 1. The average molecular weight is 413 g/mol. The van der Waals surface area contributed by atoms with Crippen molar-refractivity contribution in [2.45, 2.75) is 148 Å². The van der Waals surface area contributed by atoms with Crippen LogP contribution in [0.4, 0.5) is 0 Å². The van der Waals surface area contributed by atoms with Crippen molar-refractivity contribution in [1.82, 2.24) is 0 Å². The Morgan fingerprint density at radius 3 is 0.966 bits per heavy atom. The fourth-order valence-corrected chi connectivity index (χ4v) is 4.02. The minimum absolute atomic E-state index is 0.0675. The molecular formula is C26H52O3. The normalized spacial score (nSPS) is 11.1. The fraction of sp³-hybridized carbons (Fsp3) is 0.962. The lowest BCUT2D eigenvalue weighted by Crippen LogP contribution is -1.99. The molecule has 3 nitrogen and oxygen atoms in total. The van der Waals surface area contributed by atoms with Crippen LogP contribution in [-0.2, 0) is 9.53 Å². The van der Waals surface area contributed by atoms with Gasteiger partial charge in [-0.05, 0) is 12.8 Å². The Labute approximate surface area is 182 Å². The van der Waals surface area contributed by atoms with Gasteiger partial charge in [0.15, 0.2) is 0 Å². The summed E-state index contributed by atoms with van der Waals surface area (Å²) in [6, 6.07) is 0. The van der Waals surface area contributed by atoms with Gasteiger partial charge in [-0.2, -0.15) is 0 Å². The lowest BCUT2D eigenvalue weighted by Gasteiger charge is -2.04. The second kappa shape index (κ2) is 25.5. The minimum atomic E-state index is -0.0675. The van der Waals surface area contributed by atoms with E-state index in [9.17, 15) is 4.79 Å². The monoisotopic (exact) mass is 412 g/mol. The van der Waals surface area contributed by atoms with Gasteiger partial charge in [0.05, 0.1) is 7.11 Å². The Kier molecular flexibility index (Phi) is 25.0. The standard InChI is InChI=1S/C26H52O3/c1-29-26(28)24-22-20-18-16-14-12-10-8-6-4-2-3-5-7-9-11-13-15-17-19-21-23-25-27/h27H,2-25H2,1H3. The van der Waals surface area contributed by atoms with Crippen molar-refractivity contribution in [2.75, 3.05) is 13.7 Å². The predicted octanol–water partition coefficient (Wildman–Crippen LogP) is 8.12. The summed E-state index contributed by atoms with van der Waals surface area (Å²) in [4.78, 5) is 11.0. The molecule has 29 heavy (non-hydrogen) atoms. The van der Waals surface area contributed by atoms with Crippen molar-refractivity contribution in [3.8, 4) is 0 Å². The molecule has 0 aromatic carbocycles. The highest BCUT2D eigenvalue weighted by molar-refractivity contribution is 5.68. The molecule has 0 spiro atoms. The molecule has 0 saturated heterocycles. The number of methoxy groups -OCH3 is 1. The molecule has 3 heteroatoms. The largest absolute Gasteiger partial charge is 0.469 e. The summed E-state index contributed by atoms with van der Waals surface area (Å²) in [7, 11) is 1.47. The maximum atomic E-state index is 11.0. The number of unbranched alkanes of at least 4 members (excludes halogenated alkanes) is 21. The van der Waals surface area contributed by atoms with Crippen molar-refractivity contribution in [3.05, 3.63) is 0 Å². The van der Waals surface area contributed by atoms with Crippen LogP contribution in [0.5, 0.6) is 0 Å². The number of esters is 1. The fourth-order valence-electron chi connectivity index (χ4n) is 4.02. The van der Waals surface area contributed by atoms with E-state index >= 15 is 0 Å². The van der Waals surface area contributed by atoms with Crippen molar-refractivity contribution in [1.29, 1.82) is 0 Å². The van der Waals surface area contributed by atoms with Gasteiger partial charge in [0.1, 0.15) is 0 Å². The molecule has 0 rings (SSSR count). The summed E-state index contributed by atoms with van der Waals surface area (Å²) in [6.07, 6.45) is 30.0. The molecule has 0 aromatic heterocycles. The molecule has 0 heterocycles. The van der Waals surface area contributed by atoms with Gasteiger partial charge < -0.3 is 9.84 Å². The van der Waals surface area contributed by atoms with Crippen LogP contribution in [0.25, 0.3) is 0 Å². The molecule has 0 aliphatic heterocycles. The summed E-state index contributed by atoms with van der Waals surface area (Å²) in [5.74, 6) is -0.0675. The maximum Gasteiger partial charge on any atom is 0.305 e. The Bertz CT molecular complexity index is 317. The van der Waals surface area contributed by atoms with Gasteiger partial charge in [-0.3, -0.25) is 4.79 Å². The minimum Gasteiger partial charge on any atom is -0.469 e. The Hall–Kier alpha value is -0.570. The molecule has 174 valence electrons. The number of aliphatic hydroxyl groups is 1. The summed E-state index contributed by atoms with van der Waals surface area (Å²) in [5.41, 5.74) is 0. The molecule has 0 unspecified atom stereocenters. The Balaban J connectivity index is 3.01. The molecule has 0 fully saturated rings. The topological polar surface area (TPSA) is 46.5 Å². The van der Waals surface area contributed by atoms with E-state index in [0.717, 1.165) is 12.8 Å². The summed E-state index contributed by atoms with van der Waals surface area (Å²) in [5, 5.41) is 8.74. The van der Waals surface area contributed by atoms with Gasteiger partial charge in [-0.15, -0.1) is 0 Å². The smallest absolute Gasteiger partial charge is 0.305 e.